The Morgan fingerprint density at radius 1 is 1.06 bits per heavy atom. The van der Waals surface area contributed by atoms with Crippen molar-refractivity contribution in [3.05, 3.63) is 75.4 Å². The lowest BCUT2D eigenvalue weighted by molar-refractivity contribution is 0.0975. The van der Waals surface area contributed by atoms with Gasteiger partial charge in [-0.3, -0.25) is 14.9 Å². The molecule has 0 bridgehead atoms. The minimum Gasteiger partial charge on any atom is -0.365 e. The van der Waals surface area contributed by atoms with Crippen molar-refractivity contribution in [2.75, 3.05) is 5.32 Å². The van der Waals surface area contributed by atoms with Crippen LogP contribution in [0.2, 0.25) is 10.0 Å². The molecule has 3 aromatic rings. The van der Waals surface area contributed by atoms with E-state index in [0.29, 0.717) is 21.3 Å². The third-order valence-electron chi connectivity index (χ3n) is 4.65. The second-order valence-corrected chi connectivity index (χ2v) is 9.24. The molecule has 0 fully saturated rings. The van der Waals surface area contributed by atoms with Crippen LogP contribution < -0.4 is 16.4 Å². The van der Waals surface area contributed by atoms with Crippen LogP contribution in [-0.2, 0) is 5.41 Å². The Balaban J connectivity index is 1.82. The maximum Gasteiger partial charge on any atom is 0.257 e. The number of benzene rings is 2. The molecule has 0 aliphatic heterocycles. The standard InChI is InChI=1S/C22H21Cl2N5O2S/c1-22(2,3)13-6-4-12(5-7-13)20(31)28-21(32)27-19-15(18(25)30)11-26-29(19)14-8-9-16(23)17(24)10-14/h4-11H,1-3H3,(H2,25,30)(H2,27,28,31,32). The Bertz CT molecular complexity index is 1200. The minimum atomic E-state index is -0.717. The zero-order valence-electron chi connectivity index (χ0n) is 17.6. The Morgan fingerprint density at radius 2 is 1.72 bits per heavy atom. The number of hydrogen-bond donors (Lipinski definition) is 3. The molecule has 0 spiro atoms. The number of nitrogens with two attached hydrogens (primary N) is 1. The van der Waals surface area contributed by atoms with E-state index in [2.05, 4.69) is 36.5 Å². The molecule has 1 heterocycles. The van der Waals surface area contributed by atoms with E-state index < -0.39 is 11.8 Å². The third kappa shape index (κ3) is 5.27. The molecule has 166 valence electrons. The van der Waals surface area contributed by atoms with Crippen LogP contribution in [-0.4, -0.2) is 26.7 Å². The summed E-state index contributed by atoms with van der Waals surface area (Å²) >= 11 is 17.4. The van der Waals surface area contributed by atoms with Gasteiger partial charge < -0.3 is 11.1 Å². The summed E-state index contributed by atoms with van der Waals surface area (Å²) in [4.78, 5) is 24.5. The molecule has 0 saturated carbocycles. The lowest BCUT2D eigenvalue weighted by Gasteiger charge is -2.19. The van der Waals surface area contributed by atoms with Gasteiger partial charge in [0.15, 0.2) is 5.11 Å². The van der Waals surface area contributed by atoms with Crippen molar-refractivity contribution >= 4 is 58.2 Å². The highest BCUT2D eigenvalue weighted by Crippen LogP contribution is 2.27. The van der Waals surface area contributed by atoms with Gasteiger partial charge in [-0.05, 0) is 53.5 Å². The lowest BCUT2D eigenvalue weighted by Crippen LogP contribution is -2.35. The minimum absolute atomic E-state index is 0.0278. The molecule has 0 unspecified atom stereocenters. The largest absolute Gasteiger partial charge is 0.365 e. The molecule has 0 atom stereocenters. The molecule has 0 radical (unpaired) electrons. The Hall–Kier alpha value is -2.94. The SMILES string of the molecule is CC(C)(C)c1ccc(C(=O)NC(=S)Nc2c(C(N)=O)cnn2-c2ccc(Cl)c(Cl)c2)cc1. The van der Waals surface area contributed by atoms with Crippen LogP contribution in [0, 0.1) is 0 Å². The van der Waals surface area contributed by atoms with Gasteiger partial charge >= 0.3 is 0 Å². The zero-order chi connectivity index (χ0) is 23.6. The molecule has 10 heteroatoms. The Labute approximate surface area is 200 Å². The van der Waals surface area contributed by atoms with E-state index in [0.717, 1.165) is 5.56 Å². The van der Waals surface area contributed by atoms with Gasteiger partial charge in [-0.15, -0.1) is 0 Å². The van der Waals surface area contributed by atoms with E-state index in [-0.39, 0.29) is 21.9 Å². The summed E-state index contributed by atoms with van der Waals surface area (Å²) < 4.78 is 1.39. The van der Waals surface area contributed by atoms with Gasteiger partial charge in [0.25, 0.3) is 11.8 Å². The van der Waals surface area contributed by atoms with Crippen LogP contribution >= 0.6 is 35.4 Å². The number of nitrogens with one attached hydrogen (secondary N) is 2. The number of hydrogen-bond acceptors (Lipinski definition) is 4. The summed E-state index contributed by atoms with van der Waals surface area (Å²) in [6.45, 7) is 6.28. The first-order valence-electron chi connectivity index (χ1n) is 9.53. The highest BCUT2D eigenvalue weighted by molar-refractivity contribution is 7.80. The summed E-state index contributed by atoms with van der Waals surface area (Å²) in [5.41, 5.74) is 7.58. The fraction of sp³-hybridized carbons (Fsp3) is 0.182. The predicted octanol–water partition coefficient (Wildman–Crippen LogP) is 4.70. The molecular formula is C22H21Cl2N5O2S. The maximum absolute atomic E-state index is 12.6. The maximum atomic E-state index is 12.6. The van der Waals surface area contributed by atoms with Crippen LogP contribution in [0.15, 0.2) is 48.7 Å². The number of primary amides is 1. The van der Waals surface area contributed by atoms with Gasteiger partial charge in [0.2, 0.25) is 0 Å². The van der Waals surface area contributed by atoms with Crippen LogP contribution in [0.1, 0.15) is 47.1 Å². The van der Waals surface area contributed by atoms with E-state index in [9.17, 15) is 9.59 Å². The van der Waals surface area contributed by atoms with E-state index in [1.807, 2.05) is 12.1 Å². The molecule has 2 aromatic carbocycles. The van der Waals surface area contributed by atoms with E-state index in [4.69, 9.17) is 41.2 Å². The highest BCUT2D eigenvalue weighted by atomic mass is 35.5. The molecule has 1 aromatic heterocycles. The third-order valence-corrected chi connectivity index (χ3v) is 5.60. The first-order chi connectivity index (χ1) is 15.0. The van der Waals surface area contributed by atoms with Crippen molar-refractivity contribution in [2.45, 2.75) is 26.2 Å². The number of anilines is 1. The van der Waals surface area contributed by atoms with Gasteiger partial charge in [-0.25, -0.2) is 4.68 Å². The predicted molar refractivity (Wildman–Crippen MR) is 131 cm³/mol. The number of amides is 2. The average Bonchev–Trinajstić information content (AvgIpc) is 3.13. The fourth-order valence-corrected chi connectivity index (χ4v) is 3.38. The van der Waals surface area contributed by atoms with Gasteiger partial charge in [0, 0.05) is 5.56 Å². The number of carbonyl (C=O) groups is 2. The van der Waals surface area contributed by atoms with Crippen molar-refractivity contribution in [1.82, 2.24) is 15.1 Å². The molecule has 3 rings (SSSR count). The van der Waals surface area contributed by atoms with Crippen molar-refractivity contribution in [2.24, 2.45) is 5.73 Å². The fourth-order valence-electron chi connectivity index (χ4n) is 2.90. The number of thiocarbonyl (C=S) groups is 1. The van der Waals surface area contributed by atoms with Crippen molar-refractivity contribution in [1.29, 1.82) is 0 Å². The highest BCUT2D eigenvalue weighted by Gasteiger charge is 2.20. The number of carbonyl (C=O) groups excluding carboxylic acids is 2. The molecule has 32 heavy (non-hydrogen) atoms. The van der Waals surface area contributed by atoms with Crippen molar-refractivity contribution in [3.63, 3.8) is 0 Å². The number of halogens is 2. The quantitative estimate of drug-likeness (QED) is 0.460. The summed E-state index contributed by atoms with van der Waals surface area (Å²) in [5, 5.41) is 10.3. The second-order valence-electron chi connectivity index (χ2n) is 8.02. The molecule has 4 N–H and O–H groups in total. The smallest absolute Gasteiger partial charge is 0.257 e. The lowest BCUT2D eigenvalue weighted by atomic mass is 9.87. The van der Waals surface area contributed by atoms with E-state index in [1.54, 1.807) is 30.3 Å². The van der Waals surface area contributed by atoms with E-state index in [1.165, 1.54) is 10.9 Å². The summed E-state index contributed by atoms with van der Waals surface area (Å²) in [6.07, 6.45) is 1.29. The summed E-state index contributed by atoms with van der Waals surface area (Å²) in [7, 11) is 0. The second kappa shape index (κ2) is 9.28. The van der Waals surface area contributed by atoms with Crippen molar-refractivity contribution < 1.29 is 9.59 Å². The topological polar surface area (TPSA) is 102 Å². The van der Waals surface area contributed by atoms with E-state index >= 15 is 0 Å². The number of aromatic nitrogens is 2. The molecular weight excluding hydrogens is 469 g/mol. The van der Waals surface area contributed by atoms with Gasteiger partial charge in [0.05, 0.1) is 21.9 Å². The van der Waals surface area contributed by atoms with Crippen LogP contribution in [0.4, 0.5) is 5.82 Å². The Morgan fingerprint density at radius 3 is 2.28 bits per heavy atom. The first-order valence-corrected chi connectivity index (χ1v) is 10.7. The van der Waals surface area contributed by atoms with Crippen LogP contribution in [0.25, 0.3) is 5.69 Å². The van der Waals surface area contributed by atoms with Crippen LogP contribution in [0.5, 0.6) is 0 Å². The zero-order valence-corrected chi connectivity index (χ0v) is 19.9. The average molecular weight is 490 g/mol. The van der Waals surface area contributed by atoms with Gasteiger partial charge in [-0.1, -0.05) is 56.1 Å². The monoisotopic (exact) mass is 489 g/mol. The normalized spacial score (nSPS) is 11.2. The number of rotatable bonds is 4. The number of nitrogens with zero attached hydrogens (tertiary/aromatic N) is 2. The van der Waals surface area contributed by atoms with Crippen LogP contribution in [0.3, 0.4) is 0 Å². The van der Waals surface area contributed by atoms with Crippen molar-refractivity contribution in [3.8, 4) is 5.69 Å². The molecule has 0 aliphatic rings. The summed E-state index contributed by atoms with van der Waals surface area (Å²) in [5.74, 6) is -0.931. The summed E-state index contributed by atoms with van der Waals surface area (Å²) in [6, 6.07) is 12.1. The first kappa shape index (κ1) is 23.7. The molecule has 2 amide bonds. The van der Waals surface area contributed by atoms with Gasteiger partial charge in [0.1, 0.15) is 11.4 Å². The Kier molecular flexibility index (Phi) is 6.88. The molecule has 7 nitrogen and oxygen atoms in total. The van der Waals surface area contributed by atoms with Gasteiger partial charge in [-0.2, -0.15) is 5.10 Å². The molecule has 0 aliphatic carbocycles. The molecule has 0 saturated heterocycles.